The Labute approximate surface area is 152 Å². The van der Waals surface area contributed by atoms with Crippen molar-refractivity contribution in [3.63, 3.8) is 0 Å². The van der Waals surface area contributed by atoms with E-state index in [0.29, 0.717) is 32.0 Å². The van der Waals surface area contributed by atoms with Crippen LogP contribution < -0.4 is 5.56 Å². The maximum atomic E-state index is 12.3. The molecular weight excluding hydrogens is 334 g/mol. The van der Waals surface area contributed by atoms with Crippen LogP contribution in [0.3, 0.4) is 0 Å². The van der Waals surface area contributed by atoms with Gasteiger partial charge in [0.25, 0.3) is 5.56 Å². The molecule has 7 nitrogen and oxygen atoms in total. The molecule has 2 aliphatic heterocycles. The molecule has 2 aliphatic rings. The molecule has 3 atom stereocenters. The van der Waals surface area contributed by atoms with Gasteiger partial charge in [-0.2, -0.15) is 0 Å². The van der Waals surface area contributed by atoms with E-state index in [2.05, 4.69) is 9.88 Å². The highest BCUT2D eigenvalue weighted by Crippen LogP contribution is 2.27. The number of morpholine rings is 1. The Kier molecular flexibility index (Phi) is 5.31. The standard InChI is InChI=1S/C19H25N3O4/c1-24-12-15-5-6-17(26-15)16-13-25-9-8-21(16)11-14-10-19(23)22-7-3-2-4-18(22)20-14/h2-4,7,10,15-17H,5-6,8-9,11-13H2,1H3. The van der Waals surface area contributed by atoms with Gasteiger partial charge >= 0.3 is 0 Å². The summed E-state index contributed by atoms with van der Waals surface area (Å²) in [5.41, 5.74) is 1.42. The number of rotatable bonds is 5. The van der Waals surface area contributed by atoms with Crippen LogP contribution in [0.1, 0.15) is 18.5 Å². The van der Waals surface area contributed by atoms with Crippen LogP contribution in [-0.2, 0) is 20.8 Å². The van der Waals surface area contributed by atoms with Gasteiger partial charge in [0, 0.05) is 32.5 Å². The van der Waals surface area contributed by atoms with Crippen LogP contribution in [0.25, 0.3) is 5.65 Å². The lowest BCUT2D eigenvalue weighted by Gasteiger charge is -2.38. The van der Waals surface area contributed by atoms with Crippen LogP contribution in [0, 0.1) is 0 Å². The van der Waals surface area contributed by atoms with E-state index >= 15 is 0 Å². The molecule has 7 heteroatoms. The van der Waals surface area contributed by atoms with Crippen molar-refractivity contribution in [1.29, 1.82) is 0 Å². The molecule has 0 aliphatic carbocycles. The Morgan fingerprint density at radius 1 is 1.35 bits per heavy atom. The van der Waals surface area contributed by atoms with E-state index in [9.17, 15) is 4.79 Å². The maximum absolute atomic E-state index is 12.3. The summed E-state index contributed by atoms with van der Waals surface area (Å²) < 4.78 is 18.7. The number of fused-ring (bicyclic) bond motifs is 1. The molecule has 4 heterocycles. The van der Waals surface area contributed by atoms with Gasteiger partial charge in [0.1, 0.15) is 5.65 Å². The van der Waals surface area contributed by atoms with Gasteiger partial charge in [-0.3, -0.25) is 14.1 Å². The third-order valence-electron chi connectivity index (χ3n) is 5.19. The summed E-state index contributed by atoms with van der Waals surface area (Å²) in [4.78, 5) is 19.3. The quantitative estimate of drug-likeness (QED) is 0.796. The molecule has 0 radical (unpaired) electrons. The summed E-state index contributed by atoms with van der Waals surface area (Å²) in [6.07, 6.45) is 4.06. The van der Waals surface area contributed by atoms with Crippen molar-refractivity contribution < 1.29 is 14.2 Å². The van der Waals surface area contributed by atoms with E-state index in [1.54, 1.807) is 23.8 Å². The maximum Gasteiger partial charge on any atom is 0.258 e. The fourth-order valence-corrected chi connectivity index (χ4v) is 3.91. The van der Waals surface area contributed by atoms with E-state index in [0.717, 1.165) is 25.1 Å². The Hall–Kier alpha value is -1.80. The number of aromatic nitrogens is 2. The zero-order valence-corrected chi connectivity index (χ0v) is 15.0. The summed E-state index contributed by atoms with van der Waals surface area (Å²) in [5, 5.41) is 0. The topological polar surface area (TPSA) is 65.3 Å². The molecule has 0 bridgehead atoms. The van der Waals surface area contributed by atoms with Gasteiger partial charge in [0.15, 0.2) is 0 Å². The first kappa shape index (κ1) is 17.6. The third-order valence-corrected chi connectivity index (χ3v) is 5.19. The minimum absolute atomic E-state index is 0.0484. The van der Waals surface area contributed by atoms with Gasteiger partial charge < -0.3 is 14.2 Å². The molecule has 2 aromatic heterocycles. The predicted octanol–water partition coefficient (Wildman–Crippen LogP) is 1.09. The zero-order valence-electron chi connectivity index (χ0n) is 15.0. The van der Waals surface area contributed by atoms with Gasteiger partial charge in [-0.1, -0.05) is 6.07 Å². The van der Waals surface area contributed by atoms with E-state index in [1.165, 1.54) is 0 Å². The molecule has 26 heavy (non-hydrogen) atoms. The van der Waals surface area contributed by atoms with Crippen molar-refractivity contribution in [3.8, 4) is 0 Å². The van der Waals surface area contributed by atoms with Crippen molar-refractivity contribution in [2.75, 3.05) is 33.5 Å². The largest absolute Gasteiger partial charge is 0.382 e. The van der Waals surface area contributed by atoms with Gasteiger partial charge in [-0.05, 0) is 25.0 Å². The second-order valence-electron chi connectivity index (χ2n) is 6.96. The zero-order chi connectivity index (χ0) is 17.9. The van der Waals surface area contributed by atoms with Crippen LogP contribution in [0.2, 0.25) is 0 Å². The molecule has 140 valence electrons. The van der Waals surface area contributed by atoms with Crippen LogP contribution in [0.15, 0.2) is 35.3 Å². The minimum Gasteiger partial charge on any atom is -0.382 e. The summed E-state index contributed by atoms with van der Waals surface area (Å²) in [6.45, 7) is 3.42. The highest BCUT2D eigenvalue weighted by molar-refractivity contribution is 5.38. The Morgan fingerprint density at radius 3 is 3.15 bits per heavy atom. The lowest BCUT2D eigenvalue weighted by Crippen LogP contribution is -2.51. The van der Waals surface area contributed by atoms with E-state index in [1.807, 2.05) is 18.2 Å². The van der Waals surface area contributed by atoms with Crippen molar-refractivity contribution in [3.05, 3.63) is 46.5 Å². The molecule has 2 aromatic rings. The second kappa shape index (κ2) is 7.84. The van der Waals surface area contributed by atoms with E-state index in [-0.39, 0.29) is 23.8 Å². The Bertz CT molecular complexity index is 809. The minimum atomic E-state index is -0.0484. The number of nitrogens with zero attached hydrogens (tertiary/aromatic N) is 3. The lowest BCUT2D eigenvalue weighted by molar-refractivity contribution is -0.0909. The normalized spacial score (nSPS) is 27.2. The van der Waals surface area contributed by atoms with Gasteiger partial charge in [0.2, 0.25) is 0 Å². The van der Waals surface area contributed by atoms with Crippen LogP contribution >= 0.6 is 0 Å². The monoisotopic (exact) mass is 359 g/mol. The SMILES string of the molecule is COCC1CCC(C2COCCN2Cc2cc(=O)n3ccccc3n2)O1. The Balaban J connectivity index is 1.51. The number of ether oxygens (including phenoxy) is 3. The fraction of sp³-hybridized carbons (Fsp3) is 0.579. The first-order chi connectivity index (χ1) is 12.7. The smallest absolute Gasteiger partial charge is 0.258 e. The molecule has 2 fully saturated rings. The molecule has 2 saturated heterocycles. The number of pyridine rings is 1. The molecule has 0 spiro atoms. The highest BCUT2D eigenvalue weighted by atomic mass is 16.5. The average Bonchev–Trinajstić information content (AvgIpc) is 3.11. The molecule has 0 amide bonds. The number of hydrogen-bond donors (Lipinski definition) is 0. The van der Waals surface area contributed by atoms with Crippen molar-refractivity contribution in [2.45, 2.75) is 37.6 Å². The average molecular weight is 359 g/mol. The first-order valence-corrected chi connectivity index (χ1v) is 9.18. The number of methoxy groups -OCH3 is 1. The summed E-state index contributed by atoms with van der Waals surface area (Å²) in [6, 6.07) is 7.40. The molecule has 0 saturated carbocycles. The second-order valence-corrected chi connectivity index (χ2v) is 6.96. The molecule has 0 N–H and O–H groups in total. The third kappa shape index (κ3) is 3.66. The van der Waals surface area contributed by atoms with Crippen LogP contribution in [0.4, 0.5) is 0 Å². The predicted molar refractivity (Wildman–Crippen MR) is 96.3 cm³/mol. The van der Waals surface area contributed by atoms with E-state index in [4.69, 9.17) is 14.2 Å². The highest BCUT2D eigenvalue weighted by Gasteiger charge is 2.36. The summed E-state index contributed by atoms with van der Waals surface area (Å²) in [5.74, 6) is 0. The Morgan fingerprint density at radius 2 is 2.27 bits per heavy atom. The summed E-state index contributed by atoms with van der Waals surface area (Å²) >= 11 is 0. The fourth-order valence-electron chi connectivity index (χ4n) is 3.91. The number of hydrogen-bond acceptors (Lipinski definition) is 6. The van der Waals surface area contributed by atoms with Crippen molar-refractivity contribution in [2.24, 2.45) is 0 Å². The van der Waals surface area contributed by atoms with Gasteiger partial charge in [0.05, 0.1) is 43.8 Å². The first-order valence-electron chi connectivity index (χ1n) is 9.18. The van der Waals surface area contributed by atoms with Gasteiger partial charge in [-0.25, -0.2) is 4.98 Å². The van der Waals surface area contributed by atoms with Gasteiger partial charge in [-0.15, -0.1) is 0 Å². The van der Waals surface area contributed by atoms with Crippen LogP contribution in [0.5, 0.6) is 0 Å². The van der Waals surface area contributed by atoms with Crippen molar-refractivity contribution >= 4 is 5.65 Å². The van der Waals surface area contributed by atoms with Crippen LogP contribution in [-0.4, -0.2) is 66.0 Å². The molecule has 4 rings (SSSR count). The summed E-state index contributed by atoms with van der Waals surface area (Å²) in [7, 11) is 1.70. The van der Waals surface area contributed by atoms with Crippen molar-refractivity contribution in [1.82, 2.24) is 14.3 Å². The molecule has 0 aromatic carbocycles. The molecular formula is C19H25N3O4. The molecule has 3 unspecified atom stereocenters. The lowest BCUT2D eigenvalue weighted by atomic mass is 10.0. The van der Waals surface area contributed by atoms with E-state index < -0.39 is 0 Å².